The quantitative estimate of drug-likeness (QED) is 0.247. The Bertz CT molecular complexity index is 2220. The Kier molecular flexibility index (Phi) is 9.50. The molecule has 12 nitrogen and oxygen atoms in total. The maximum Gasteiger partial charge on any atom is 0.273 e. The van der Waals surface area contributed by atoms with Crippen LogP contribution in [0, 0.1) is 11.8 Å². The van der Waals surface area contributed by atoms with Crippen LogP contribution >= 0.6 is 0 Å². The molecule has 5 aromatic rings. The van der Waals surface area contributed by atoms with E-state index in [9.17, 15) is 27.9 Å². The molecule has 0 saturated carbocycles. The molecule has 0 aliphatic carbocycles. The number of piperazine rings is 1. The molecule has 0 radical (unpaired) electrons. The van der Waals surface area contributed by atoms with E-state index in [1.54, 1.807) is 59.6 Å². The zero-order valence-electron chi connectivity index (χ0n) is 26.1. The van der Waals surface area contributed by atoms with E-state index in [1.807, 2.05) is 0 Å². The van der Waals surface area contributed by atoms with Crippen LogP contribution in [0.5, 0.6) is 5.75 Å². The van der Waals surface area contributed by atoms with E-state index >= 15 is 0 Å². The first-order valence-electron chi connectivity index (χ1n) is 15.2. The molecule has 246 valence electrons. The van der Waals surface area contributed by atoms with E-state index in [4.69, 9.17) is 0 Å². The van der Waals surface area contributed by atoms with Crippen molar-refractivity contribution in [1.29, 1.82) is 0 Å². The Balaban J connectivity index is 1.13. The van der Waals surface area contributed by atoms with Gasteiger partial charge in [0.2, 0.25) is 10.0 Å². The van der Waals surface area contributed by atoms with E-state index in [1.165, 1.54) is 55.1 Å². The predicted molar refractivity (Wildman–Crippen MR) is 184 cm³/mol. The number of amides is 2. The number of nitrogens with one attached hydrogen (secondary N) is 1. The number of pyridine rings is 3. The van der Waals surface area contributed by atoms with Gasteiger partial charge in [-0.25, -0.2) is 8.42 Å². The molecule has 0 atom stereocenters. The number of rotatable bonds is 7. The van der Waals surface area contributed by atoms with Crippen LogP contribution in [0.1, 0.15) is 37.4 Å². The summed E-state index contributed by atoms with van der Waals surface area (Å²) >= 11 is 0. The third-order valence-corrected chi connectivity index (χ3v) is 9.39. The molecule has 13 heteroatoms. The fourth-order valence-corrected chi connectivity index (χ4v) is 6.90. The summed E-state index contributed by atoms with van der Waals surface area (Å²) in [6.45, 7) is 1.92. The third kappa shape index (κ3) is 7.66. The van der Waals surface area contributed by atoms with Crippen LogP contribution in [0.4, 0.5) is 11.4 Å². The molecule has 6 rings (SSSR count). The summed E-state index contributed by atoms with van der Waals surface area (Å²) in [6, 6.07) is 20.8. The number of sulfonamides is 1. The average Bonchev–Trinajstić information content (AvgIpc) is 3.12. The highest BCUT2D eigenvalue weighted by molar-refractivity contribution is 7.92. The van der Waals surface area contributed by atoms with Gasteiger partial charge in [-0.2, -0.15) is 4.31 Å². The van der Waals surface area contributed by atoms with E-state index in [0.717, 1.165) is 5.69 Å². The number of carbonyl (C=O) groups is 2. The second-order valence-electron chi connectivity index (χ2n) is 11.2. The van der Waals surface area contributed by atoms with Gasteiger partial charge in [0.15, 0.2) is 0 Å². The fraction of sp³-hybridized carbons (Fsp3) is 0.139. The predicted octanol–water partition coefficient (Wildman–Crippen LogP) is 3.41. The zero-order valence-corrected chi connectivity index (χ0v) is 26.9. The summed E-state index contributed by atoms with van der Waals surface area (Å²) in [7, 11) is -4.29. The van der Waals surface area contributed by atoms with Gasteiger partial charge in [-0.05, 0) is 54.1 Å². The van der Waals surface area contributed by atoms with E-state index in [-0.39, 0.29) is 22.9 Å². The second kappa shape index (κ2) is 14.2. The average molecular weight is 675 g/mol. The Morgan fingerprint density at radius 3 is 2.16 bits per heavy atom. The number of carbonyl (C=O) groups excluding carboxylic acids is 2. The Morgan fingerprint density at radius 1 is 0.816 bits per heavy atom. The molecular weight excluding hydrogens is 644 g/mol. The van der Waals surface area contributed by atoms with Crippen LogP contribution in [-0.4, -0.2) is 71.4 Å². The minimum absolute atomic E-state index is 0.00918. The van der Waals surface area contributed by atoms with E-state index in [0.29, 0.717) is 52.7 Å². The van der Waals surface area contributed by atoms with Gasteiger partial charge in [0.05, 0.1) is 17.5 Å². The molecule has 3 aromatic heterocycles. The lowest BCUT2D eigenvalue weighted by Crippen LogP contribution is -2.48. The molecule has 49 heavy (non-hydrogen) atoms. The van der Waals surface area contributed by atoms with Gasteiger partial charge < -0.3 is 19.9 Å². The lowest BCUT2D eigenvalue weighted by atomic mass is 10.1. The molecular formula is C36H30N6O6S. The van der Waals surface area contributed by atoms with Crippen LogP contribution in [0.2, 0.25) is 0 Å². The number of nitrogens with zero attached hydrogens (tertiary/aromatic N) is 5. The number of aromatic nitrogens is 3. The summed E-state index contributed by atoms with van der Waals surface area (Å²) in [5.74, 6) is 4.35. The van der Waals surface area contributed by atoms with Crippen LogP contribution in [0.3, 0.4) is 0 Å². The lowest BCUT2D eigenvalue weighted by molar-refractivity contribution is 0.0746. The molecule has 2 N–H and O–H groups in total. The molecule has 0 spiro atoms. The van der Waals surface area contributed by atoms with Crippen molar-refractivity contribution < 1.29 is 23.1 Å². The summed E-state index contributed by atoms with van der Waals surface area (Å²) < 4.78 is 27.7. The van der Waals surface area contributed by atoms with Gasteiger partial charge in [0, 0.05) is 73.3 Å². The number of aromatic amines is 1. The summed E-state index contributed by atoms with van der Waals surface area (Å²) in [6.07, 6.45) is 7.26. The molecule has 0 unspecified atom stereocenters. The molecule has 2 amide bonds. The minimum Gasteiger partial charge on any atom is -0.506 e. The maximum absolute atomic E-state index is 13.7. The first kappa shape index (κ1) is 32.7. The molecule has 2 aromatic carbocycles. The lowest BCUT2D eigenvalue weighted by Gasteiger charge is -2.36. The van der Waals surface area contributed by atoms with Gasteiger partial charge in [-0.3, -0.25) is 24.4 Å². The number of hydrogen-bond donors (Lipinski definition) is 2. The van der Waals surface area contributed by atoms with Gasteiger partial charge in [0.25, 0.3) is 17.4 Å². The third-order valence-electron chi connectivity index (χ3n) is 7.78. The van der Waals surface area contributed by atoms with Crippen molar-refractivity contribution in [3.63, 3.8) is 0 Å². The summed E-state index contributed by atoms with van der Waals surface area (Å²) in [4.78, 5) is 54.0. The van der Waals surface area contributed by atoms with Crippen molar-refractivity contribution in [3.05, 3.63) is 148 Å². The van der Waals surface area contributed by atoms with Gasteiger partial charge in [0.1, 0.15) is 11.4 Å². The standard InChI is InChI=1S/C36H30N6O6S/c43-32-20-28(22-38-24-32)9-8-27-19-30(23-37-21-27)35(45)41-17-15-40(16-18-41)31-12-10-29(11-13-31)36(46)42(33-7-4-14-39-34(33)44)49(47,48)25-26-5-2-1-3-6-26/h1-7,10-14,19-24,43H,15-18,25H2,(H,39,44). The number of anilines is 2. The molecule has 4 heterocycles. The molecule has 1 aliphatic heterocycles. The molecule has 1 saturated heterocycles. The van der Waals surface area contributed by atoms with Crippen LogP contribution in [0.15, 0.2) is 115 Å². The zero-order chi connectivity index (χ0) is 34.4. The van der Waals surface area contributed by atoms with E-state index in [2.05, 4.69) is 31.7 Å². The minimum atomic E-state index is -4.29. The first-order valence-corrected chi connectivity index (χ1v) is 16.8. The van der Waals surface area contributed by atoms with Crippen molar-refractivity contribution in [2.75, 3.05) is 35.4 Å². The van der Waals surface area contributed by atoms with Crippen LogP contribution in [0.25, 0.3) is 0 Å². The topological polar surface area (TPSA) is 157 Å². The Morgan fingerprint density at radius 2 is 1.49 bits per heavy atom. The molecule has 0 bridgehead atoms. The number of hydrogen-bond acceptors (Lipinski definition) is 9. The van der Waals surface area contributed by atoms with Crippen LogP contribution in [-0.2, 0) is 15.8 Å². The second-order valence-corrected chi connectivity index (χ2v) is 13.0. The SMILES string of the molecule is O=C(c1cncc(C#Cc2cncc(O)c2)c1)N1CCN(c2ccc(C(=O)N(c3ccc[nH]c3=O)S(=O)(=O)Cc3ccccc3)cc2)CC1. The smallest absolute Gasteiger partial charge is 0.273 e. The van der Waals surface area contributed by atoms with Crippen LogP contribution < -0.4 is 14.8 Å². The highest BCUT2D eigenvalue weighted by atomic mass is 32.2. The Labute approximate surface area is 282 Å². The van der Waals surface area contributed by atoms with Crippen molar-refractivity contribution in [2.24, 2.45) is 0 Å². The number of benzene rings is 2. The normalized spacial score (nSPS) is 12.9. The summed E-state index contributed by atoms with van der Waals surface area (Å²) in [5, 5.41) is 9.59. The largest absolute Gasteiger partial charge is 0.506 e. The summed E-state index contributed by atoms with van der Waals surface area (Å²) in [5.41, 5.74) is 1.83. The van der Waals surface area contributed by atoms with Gasteiger partial charge in [-0.1, -0.05) is 42.2 Å². The molecule has 1 aliphatic rings. The maximum atomic E-state index is 13.7. The number of H-pyrrole nitrogens is 1. The number of aromatic hydroxyl groups is 1. The molecule has 1 fully saturated rings. The van der Waals surface area contributed by atoms with Crippen molar-refractivity contribution in [3.8, 4) is 17.6 Å². The van der Waals surface area contributed by atoms with Gasteiger partial charge >= 0.3 is 0 Å². The van der Waals surface area contributed by atoms with E-state index < -0.39 is 27.2 Å². The monoisotopic (exact) mass is 674 g/mol. The van der Waals surface area contributed by atoms with Crippen molar-refractivity contribution in [1.82, 2.24) is 19.9 Å². The van der Waals surface area contributed by atoms with Crippen molar-refractivity contribution in [2.45, 2.75) is 5.75 Å². The van der Waals surface area contributed by atoms with Gasteiger partial charge in [-0.15, -0.1) is 0 Å². The highest BCUT2D eigenvalue weighted by Gasteiger charge is 2.32. The van der Waals surface area contributed by atoms with Crippen molar-refractivity contribution >= 4 is 33.2 Å². The fourth-order valence-electron chi connectivity index (χ4n) is 5.36. The first-order chi connectivity index (χ1) is 23.7. The highest BCUT2D eigenvalue weighted by Crippen LogP contribution is 2.24. The Hall–Kier alpha value is -6.26.